The predicted molar refractivity (Wildman–Crippen MR) is 150 cm³/mol. The molecule has 0 saturated carbocycles. The number of hydrogen-bond acceptors (Lipinski definition) is 5. The fraction of sp³-hybridized carbons (Fsp3) is 0.379. The maximum absolute atomic E-state index is 13.0. The molecule has 3 heterocycles. The Balaban J connectivity index is 1.12. The molecule has 0 radical (unpaired) electrons. The molecular formula is C29H35N5OS. The third kappa shape index (κ3) is 5.18. The molecule has 6 nitrogen and oxygen atoms in total. The first kappa shape index (κ1) is 24.5. The van der Waals surface area contributed by atoms with E-state index < -0.39 is 0 Å². The lowest BCUT2D eigenvalue weighted by atomic mass is 10.1. The van der Waals surface area contributed by atoms with E-state index in [0.717, 1.165) is 80.4 Å². The molecule has 0 aliphatic carbocycles. The van der Waals surface area contributed by atoms with Gasteiger partial charge in [0.05, 0.1) is 10.3 Å². The van der Waals surface area contributed by atoms with Crippen molar-refractivity contribution >= 4 is 33.3 Å². The standard InChI is InChI=1S/C29H35N5OS/c1-3-15-34-22(2)25(21-26(34)23-10-5-4-6-11-23)29(35)30-14-9-16-32-17-19-33(20-18-32)28-24-12-7-8-13-27(24)36-31-28/h4-8,10-13,21H,3,9,14-20H2,1-2H3,(H,30,35). The lowest BCUT2D eigenvalue weighted by Crippen LogP contribution is -2.47. The van der Waals surface area contributed by atoms with E-state index >= 15 is 0 Å². The lowest BCUT2D eigenvalue weighted by Gasteiger charge is -2.35. The van der Waals surface area contributed by atoms with Crippen molar-refractivity contribution in [2.75, 3.05) is 44.2 Å². The third-order valence-corrected chi connectivity index (χ3v) is 7.91. The summed E-state index contributed by atoms with van der Waals surface area (Å²) in [6.07, 6.45) is 1.98. The summed E-state index contributed by atoms with van der Waals surface area (Å²) in [5.74, 6) is 1.16. The topological polar surface area (TPSA) is 53.4 Å². The van der Waals surface area contributed by atoms with Gasteiger partial charge < -0.3 is 14.8 Å². The maximum Gasteiger partial charge on any atom is 0.253 e. The highest BCUT2D eigenvalue weighted by Gasteiger charge is 2.21. The van der Waals surface area contributed by atoms with E-state index in [1.807, 2.05) is 18.2 Å². The number of nitrogens with one attached hydrogen (secondary N) is 1. The van der Waals surface area contributed by atoms with Gasteiger partial charge in [-0.25, -0.2) is 0 Å². The van der Waals surface area contributed by atoms with Crippen molar-refractivity contribution in [2.45, 2.75) is 33.2 Å². The minimum Gasteiger partial charge on any atom is -0.353 e. The SMILES string of the molecule is CCCn1c(-c2ccccc2)cc(C(=O)NCCCN2CCN(c3nsc4ccccc34)CC2)c1C. The largest absolute Gasteiger partial charge is 0.353 e. The third-order valence-electron chi connectivity index (χ3n) is 7.09. The molecule has 1 aliphatic heterocycles. The Labute approximate surface area is 217 Å². The fourth-order valence-electron chi connectivity index (χ4n) is 5.12. The molecule has 36 heavy (non-hydrogen) atoms. The Bertz CT molecular complexity index is 1300. The summed E-state index contributed by atoms with van der Waals surface area (Å²) in [6.45, 7) is 10.9. The minimum absolute atomic E-state index is 0.0276. The van der Waals surface area contributed by atoms with Crippen molar-refractivity contribution in [2.24, 2.45) is 0 Å². The lowest BCUT2D eigenvalue weighted by molar-refractivity contribution is 0.0950. The highest BCUT2D eigenvalue weighted by atomic mass is 32.1. The molecule has 5 rings (SSSR count). The zero-order valence-corrected chi connectivity index (χ0v) is 22.1. The predicted octanol–water partition coefficient (Wildman–Crippen LogP) is 5.43. The van der Waals surface area contributed by atoms with Gasteiger partial charge in [-0.3, -0.25) is 9.69 Å². The van der Waals surface area contributed by atoms with Crippen LogP contribution < -0.4 is 10.2 Å². The maximum atomic E-state index is 13.0. The zero-order valence-electron chi connectivity index (χ0n) is 21.2. The number of aromatic nitrogens is 2. The summed E-state index contributed by atoms with van der Waals surface area (Å²) < 4.78 is 8.24. The number of amides is 1. The number of hydrogen-bond donors (Lipinski definition) is 1. The average Bonchev–Trinajstić information content (AvgIpc) is 3.49. The van der Waals surface area contributed by atoms with Crippen molar-refractivity contribution in [3.05, 3.63) is 71.9 Å². The first-order chi connectivity index (χ1) is 17.7. The molecule has 1 aliphatic rings. The molecule has 1 saturated heterocycles. The van der Waals surface area contributed by atoms with Gasteiger partial charge in [-0.1, -0.05) is 49.4 Å². The average molecular weight is 502 g/mol. The van der Waals surface area contributed by atoms with Crippen LogP contribution in [0.25, 0.3) is 21.3 Å². The molecule has 4 aromatic rings. The molecule has 1 N–H and O–H groups in total. The highest BCUT2D eigenvalue weighted by molar-refractivity contribution is 7.13. The molecule has 0 unspecified atom stereocenters. The van der Waals surface area contributed by atoms with Crippen LogP contribution in [0.4, 0.5) is 5.82 Å². The normalized spacial score (nSPS) is 14.4. The Hall–Kier alpha value is -3.16. The molecule has 7 heteroatoms. The number of benzene rings is 2. The molecule has 2 aromatic heterocycles. The van der Waals surface area contributed by atoms with Crippen molar-refractivity contribution in [1.29, 1.82) is 0 Å². The van der Waals surface area contributed by atoms with E-state index in [9.17, 15) is 4.79 Å². The van der Waals surface area contributed by atoms with Crippen molar-refractivity contribution < 1.29 is 4.79 Å². The van der Waals surface area contributed by atoms with Crippen molar-refractivity contribution in [1.82, 2.24) is 19.2 Å². The number of piperazine rings is 1. The van der Waals surface area contributed by atoms with Crippen LogP contribution in [0.2, 0.25) is 0 Å². The molecule has 0 atom stereocenters. The van der Waals surface area contributed by atoms with E-state index in [4.69, 9.17) is 4.37 Å². The van der Waals surface area contributed by atoms with Gasteiger partial charge in [-0.05, 0) is 61.6 Å². The van der Waals surface area contributed by atoms with Gasteiger partial charge in [0, 0.05) is 56.0 Å². The van der Waals surface area contributed by atoms with Gasteiger partial charge >= 0.3 is 0 Å². The van der Waals surface area contributed by atoms with Crippen LogP contribution >= 0.6 is 11.5 Å². The molecule has 1 fully saturated rings. The van der Waals surface area contributed by atoms with Crippen LogP contribution in [0.3, 0.4) is 0 Å². The quantitative estimate of drug-likeness (QED) is 0.311. The Morgan fingerprint density at radius 2 is 1.75 bits per heavy atom. The molecule has 2 aromatic carbocycles. The molecule has 0 bridgehead atoms. The number of carbonyl (C=O) groups is 1. The van der Waals surface area contributed by atoms with Crippen LogP contribution in [0.1, 0.15) is 35.8 Å². The van der Waals surface area contributed by atoms with Crippen molar-refractivity contribution in [3.8, 4) is 11.3 Å². The minimum atomic E-state index is 0.0276. The molecule has 0 spiro atoms. The number of fused-ring (bicyclic) bond motifs is 1. The number of carbonyl (C=O) groups excluding carboxylic acids is 1. The van der Waals surface area contributed by atoms with Crippen LogP contribution in [-0.4, -0.2) is 59.0 Å². The summed E-state index contributed by atoms with van der Waals surface area (Å²) in [5, 5.41) is 4.43. The zero-order chi connectivity index (χ0) is 24.9. The summed E-state index contributed by atoms with van der Waals surface area (Å²) >= 11 is 1.58. The molecule has 1 amide bonds. The van der Waals surface area contributed by atoms with Crippen LogP contribution in [-0.2, 0) is 6.54 Å². The second-order valence-electron chi connectivity index (χ2n) is 9.49. The summed E-state index contributed by atoms with van der Waals surface area (Å²) in [5.41, 5.74) is 4.09. The van der Waals surface area contributed by atoms with Gasteiger partial charge in [0.25, 0.3) is 5.91 Å². The van der Waals surface area contributed by atoms with Crippen LogP contribution in [0, 0.1) is 6.92 Å². The molecular weight excluding hydrogens is 466 g/mol. The van der Waals surface area contributed by atoms with E-state index in [0.29, 0.717) is 6.54 Å². The van der Waals surface area contributed by atoms with Crippen molar-refractivity contribution in [3.63, 3.8) is 0 Å². The highest BCUT2D eigenvalue weighted by Crippen LogP contribution is 2.30. The van der Waals surface area contributed by atoms with E-state index in [1.165, 1.54) is 10.1 Å². The van der Waals surface area contributed by atoms with Gasteiger partial charge in [-0.2, -0.15) is 4.37 Å². The molecule has 188 valence electrons. The first-order valence-corrected chi connectivity index (χ1v) is 13.8. The van der Waals surface area contributed by atoms with Gasteiger partial charge in [0.2, 0.25) is 0 Å². The Morgan fingerprint density at radius 3 is 2.53 bits per heavy atom. The fourth-order valence-corrected chi connectivity index (χ4v) is 5.91. The number of anilines is 1. The summed E-state index contributed by atoms with van der Waals surface area (Å²) in [6, 6.07) is 20.9. The second-order valence-corrected chi connectivity index (χ2v) is 10.3. The van der Waals surface area contributed by atoms with E-state index in [1.54, 1.807) is 11.5 Å². The van der Waals surface area contributed by atoms with Crippen LogP contribution in [0.5, 0.6) is 0 Å². The van der Waals surface area contributed by atoms with E-state index in [2.05, 4.69) is 76.0 Å². The first-order valence-electron chi connectivity index (χ1n) is 13.0. The van der Waals surface area contributed by atoms with Gasteiger partial charge in [0.1, 0.15) is 5.82 Å². The smallest absolute Gasteiger partial charge is 0.253 e. The van der Waals surface area contributed by atoms with Crippen LogP contribution in [0.15, 0.2) is 60.7 Å². The summed E-state index contributed by atoms with van der Waals surface area (Å²) in [7, 11) is 0. The monoisotopic (exact) mass is 501 g/mol. The second kappa shape index (κ2) is 11.3. The van der Waals surface area contributed by atoms with Gasteiger partial charge in [0.15, 0.2) is 0 Å². The van der Waals surface area contributed by atoms with Gasteiger partial charge in [-0.15, -0.1) is 0 Å². The summed E-state index contributed by atoms with van der Waals surface area (Å²) in [4.78, 5) is 18.0. The Kier molecular flexibility index (Phi) is 7.68. The number of rotatable bonds is 9. The Morgan fingerprint density at radius 1 is 1.00 bits per heavy atom. The number of nitrogens with zero attached hydrogens (tertiary/aromatic N) is 4. The van der Waals surface area contributed by atoms with E-state index in [-0.39, 0.29) is 5.91 Å².